The van der Waals surface area contributed by atoms with Gasteiger partial charge in [0, 0.05) is 0 Å². The van der Waals surface area contributed by atoms with Crippen molar-refractivity contribution >= 4 is 16.3 Å². The maximum Gasteiger partial charge on any atom is 0.234 e. The van der Waals surface area contributed by atoms with Gasteiger partial charge in [0.05, 0.1) is 0 Å². The Bertz CT molecular complexity index is 751. The topological polar surface area (TPSA) is 61.5 Å². The van der Waals surface area contributed by atoms with E-state index in [1.165, 1.54) is 11.3 Å². The molecular formula is C12H10N4O2S. The molecule has 1 aliphatic heterocycles. The molecule has 1 atom stereocenters. The lowest BCUT2D eigenvalue weighted by molar-refractivity contribution is 0.0904. The summed E-state index contributed by atoms with van der Waals surface area (Å²) in [7, 11) is 0. The first-order valence-corrected chi connectivity index (χ1v) is 6.70. The summed E-state index contributed by atoms with van der Waals surface area (Å²) < 4.78 is 13.3. The van der Waals surface area contributed by atoms with Crippen molar-refractivity contribution in [1.82, 2.24) is 19.8 Å². The minimum atomic E-state index is -0.194. The van der Waals surface area contributed by atoms with Gasteiger partial charge in [-0.1, -0.05) is 23.5 Å². The smallest absolute Gasteiger partial charge is 0.234 e. The Labute approximate surface area is 112 Å². The molecule has 0 fully saturated rings. The first-order valence-electron chi connectivity index (χ1n) is 5.88. The lowest BCUT2D eigenvalue weighted by atomic mass is 10.3. The number of nitrogens with zero attached hydrogens (tertiary/aromatic N) is 4. The van der Waals surface area contributed by atoms with E-state index in [2.05, 4.69) is 15.3 Å². The number of rotatable bonds is 1. The van der Waals surface area contributed by atoms with E-state index >= 15 is 0 Å². The van der Waals surface area contributed by atoms with Crippen LogP contribution in [0.25, 0.3) is 4.96 Å². The van der Waals surface area contributed by atoms with Gasteiger partial charge < -0.3 is 9.47 Å². The molecule has 1 unspecified atom stereocenters. The summed E-state index contributed by atoms with van der Waals surface area (Å²) in [5.74, 6) is 2.30. The quantitative estimate of drug-likeness (QED) is 0.679. The van der Waals surface area contributed by atoms with Gasteiger partial charge in [-0.2, -0.15) is 9.61 Å². The molecule has 0 amide bonds. The van der Waals surface area contributed by atoms with Gasteiger partial charge in [0.25, 0.3) is 0 Å². The standard InChI is InChI=1S/C12H10N4O2S/c1-7-13-14-12-16(7)15-11(19-12)10-6-17-8-4-2-3-5-9(8)18-10/h2-5,10H,6H2,1H3. The molecule has 1 aliphatic rings. The van der Waals surface area contributed by atoms with Crippen LogP contribution in [0.4, 0.5) is 0 Å². The van der Waals surface area contributed by atoms with Crippen molar-refractivity contribution in [2.45, 2.75) is 13.0 Å². The highest BCUT2D eigenvalue weighted by atomic mass is 32.1. The minimum absolute atomic E-state index is 0.194. The zero-order valence-corrected chi connectivity index (χ0v) is 10.9. The number of aryl methyl sites for hydroxylation is 1. The van der Waals surface area contributed by atoms with Crippen LogP contribution in [0.2, 0.25) is 0 Å². The molecule has 6 nitrogen and oxygen atoms in total. The van der Waals surface area contributed by atoms with E-state index in [4.69, 9.17) is 9.47 Å². The fraction of sp³-hybridized carbons (Fsp3) is 0.250. The average molecular weight is 274 g/mol. The molecule has 0 radical (unpaired) electrons. The molecule has 0 saturated heterocycles. The monoisotopic (exact) mass is 274 g/mol. The van der Waals surface area contributed by atoms with E-state index in [9.17, 15) is 0 Å². The third-order valence-electron chi connectivity index (χ3n) is 2.95. The predicted molar refractivity (Wildman–Crippen MR) is 68.7 cm³/mol. The Morgan fingerprint density at radius 2 is 2.11 bits per heavy atom. The van der Waals surface area contributed by atoms with Crippen LogP contribution in [0.1, 0.15) is 16.9 Å². The first-order chi connectivity index (χ1) is 9.31. The molecule has 19 heavy (non-hydrogen) atoms. The van der Waals surface area contributed by atoms with Gasteiger partial charge in [-0.3, -0.25) is 0 Å². The van der Waals surface area contributed by atoms with E-state index in [0.29, 0.717) is 6.61 Å². The highest BCUT2D eigenvalue weighted by Crippen LogP contribution is 2.36. The van der Waals surface area contributed by atoms with Gasteiger partial charge in [0.1, 0.15) is 6.61 Å². The Kier molecular flexibility index (Phi) is 2.22. The second-order valence-electron chi connectivity index (χ2n) is 4.25. The van der Waals surface area contributed by atoms with Crippen LogP contribution < -0.4 is 9.47 Å². The van der Waals surface area contributed by atoms with E-state index in [0.717, 1.165) is 27.3 Å². The lowest BCUT2D eigenvalue weighted by Crippen LogP contribution is -2.21. The third-order valence-corrected chi connectivity index (χ3v) is 3.94. The van der Waals surface area contributed by atoms with Crippen molar-refractivity contribution in [3.8, 4) is 11.5 Å². The fourth-order valence-corrected chi connectivity index (χ4v) is 2.90. The zero-order valence-electron chi connectivity index (χ0n) is 10.1. The fourth-order valence-electron chi connectivity index (χ4n) is 2.00. The largest absolute Gasteiger partial charge is 0.485 e. The van der Waals surface area contributed by atoms with Gasteiger partial charge in [-0.05, 0) is 19.1 Å². The summed E-state index contributed by atoms with van der Waals surface area (Å²) in [6, 6.07) is 7.64. The van der Waals surface area contributed by atoms with Crippen LogP contribution >= 0.6 is 11.3 Å². The predicted octanol–water partition coefficient (Wildman–Crippen LogP) is 2.01. The molecule has 0 saturated carbocycles. The molecule has 0 N–H and O–H groups in total. The molecule has 1 aromatic carbocycles. The van der Waals surface area contributed by atoms with E-state index < -0.39 is 0 Å². The number of hydrogen-bond acceptors (Lipinski definition) is 6. The molecule has 3 heterocycles. The SMILES string of the molecule is Cc1nnc2sc(C3COc4ccccc4O3)nn12. The van der Waals surface area contributed by atoms with Crippen molar-refractivity contribution in [3.05, 3.63) is 35.1 Å². The van der Waals surface area contributed by atoms with Crippen LogP contribution in [-0.2, 0) is 0 Å². The van der Waals surface area contributed by atoms with E-state index in [1.54, 1.807) is 4.52 Å². The Hall–Kier alpha value is -2.15. The van der Waals surface area contributed by atoms with Crippen LogP contribution in [0.15, 0.2) is 24.3 Å². The molecule has 0 aliphatic carbocycles. The van der Waals surface area contributed by atoms with Crippen molar-refractivity contribution in [2.75, 3.05) is 6.61 Å². The summed E-state index contributed by atoms with van der Waals surface area (Å²) in [6.07, 6.45) is -0.194. The maximum absolute atomic E-state index is 5.92. The Morgan fingerprint density at radius 3 is 2.95 bits per heavy atom. The molecule has 7 heteroatoms. The number of aromatic nitrogens is 4. The van der Waals surface area contributed by atoms with Gasteiger partial charge in [-0.15, -0.1) is 10.2 Å². The van der Waals surface area contributed by atoms with Crippen molar-refractivity contribution < 1.29 is 9.47 Å². The molecule has 96 valence electrons. The highest BCUT2D eigenvalue weighted by Gasteiger charge is 2.26. The molecule has 4 rings (SSSR count). The van der Waals surface area contributed by atoms with Gasteiger partial charge in [0.2, 0.25) is 4.96 Å². The normalized spacial score (nSPS) is 17.8. The van der Waals surface area contributed by atoms with Crippen LogP contribution in [0.3, 0.4) is 0 Å². The number of para-hydroxylation sites is 2. The van der Waals surface area contributed by atoms with Crippen LogP contribution in [0, 0.1) is 6.92 Å². The molecule has 0 bridgehead atoms. The summed E-state index contributed by atoms with van der Waals surface area (Å²) in [6.45, 7) is 2.33. The van der Waals surface area contributed by atoms with Crippen LogP contribution in [-0.4, -0.2) is 26.4 Å². The summed E-state index contributed by atoms with van der Waals surface area (Å²) >= 11 is 1.47. The van der Waals surface area contributed by atoms with Crippen molar-refractivity contribution in [1.29, 1.82) is 0 Å². The molecule has 0 spiro atoms. The lowest BCUT2D eigenvalue weighted by Gasteiger charge is -2.24. The number of ether oxygens (including phenoxy) is 2. The van der Waals surface area contributed by atoms with Gasteiger partial charge in [-0.25, -0.2) is 0 Å². The van der Waals surface area contributed by atoms with Gasteiger partial charge in [0.15, 0.2) is 28.4 Å². The third kappa shape index (κ3) is 1.66. The summed E-state index contributed by atoms with van der Waals surface area (Å²) in [4.78, 5) is 0.773. The zero-order chi connectivity index (χ0) is 12.8. The number of hydrogen-bond donors (Lipinski definition) is 0. The minimum Gasteiger partial charge on any atom is -0.485 e. The molecular weight excluding hydrogens is 264 g/mol. The second kappa shape index (κ2) is 3.92. The Morgan fingerprint density at radius 1 is 1.26 bits per heavy atom. The number of benzene rings is 1. The second-order valence-corrected chi connectivity index (χ2v) is 5.23. The highest BCUT2D eigenvalue weighted by molar-refractivity contribution is 7.16. The summed E-state index contributed by atoms with van der Waals surface area (Å²) in [5.41, 5.74) is 0. The maximum atomic E-state index is 5.92. The van der Waals surface area contributed by atoms with Crippen molar-refractivity contribution in [2.24, 2.45) is 0 Å². The Balaban J connectivity index is 1.70. The van der Waals surface area contributed by atoms with E-state index in [1.807, 2.05) is 31.2 Å². The summed E-state index contributed by atoms with van der Waals surface area (Å²) in [5, 5.41) is 13.3. The number of fused-ring (bicyclic) bond motifs is 2. The average Bonchev–Trinajstić information content (AvgIpc) is 3.01. The van der Waals surface area contributed by atoms with Crippen molar-refractivity contribution in [3.63, 3.8) is 0 Å². The van der Waals surface area contributed by atoms with E-state index in [-0.39, 0.29) is 6.10 Å². The van der Waals surface area contributed by atoms with Gasteiger partial charge >= 0.3 is 0 Å². The molecule has 2 aromatic heterocycles. The first kappa shape index (κ1) is 10.7. The molecule has 3 aromatic rings. The van der Waals surface area contributed by atoms with Crippen LogP contribution in [0.5, 0.6) is 11.5 Å².